The van der Waals surface area contributed by atoms with Crippen molar-refractivity contribution in [3.8, 4) is 0 Å². The Balaban J connectivity index is 1.29. The summed E-state index contributed by atoms with van der Waals surface area (Å²) in [5, 5.41) is 14.4. The molecule has 11 heteroatoms. The number of rotatable bonds is 6. The number of para-hydroxylation sites is 1. The Kier molecular flexibility index (Phi) is 7.35. The van der Waals surface area contributed by atoms with E-state index in [4.69, 9.17) is 11.6 Å². The topological polar surface area (TPSA) is 82.5 Å². The molecule has 2 amide bonds. The van der Waals surface area contributed by atoms with E-state index in [1.807, 2.05) is 0 Å². The highest BCUT2D eigenvalue weighted by Crippen LogP contribution is 2.46. The van der Waals surface area contributed by atoms with E-state index in [-0.39, 0.29) is 34.7 Å². The Labute approximate surface area is 226 Å². The number of benzene rings is 2. The van der Waals surface area contributed by atoms with Crippen LogP contribution >= 0.6 is 11.6 Å². The summed E-state index contributed by atoms with van der Waals surface area (Å²) in [7, 11) is 0. The van der Waals surface area contributed by atoms with Crippen LogP contribution in [0.15, 0.2) is 54.7 Å². The first-order valence-electron chi connectivity index (χ1n) is 12.4. The summed E-state index contributed by atoms with van der Waals surface area (Å²) in [4.78, 5) is 31.2. The van der Waals surface area contributed by atoms with Crippen LogP contribution in [0.1, 0.15) is 59.3 Å². The van der Waals surface area contributed by atoms with Crippen molar-refractivity contribution in [3.05, 3.63) is 93.8 Å². The number of fused-ring (bicyclic) bond motifs is 1. The number of hydrogen-bond donors (Lipinski definition) is 2. The summed E-state index contributed by atoms with van der Waals surface area (Å²) in [6.07, 6.45) is 0.381. The number of hydrogen-bond acceptors (Lipinski definition) is 4. The van der Waals surface area contributed by atoms with E-state index in [0.29, 0.717) is 31.4 Å². The van der Waals surface area contributed by atoms with Crippen LogP contribution in [0.25, 0.3) is 0 Å². The third-order valence-electron chi connectivity index (χ3n) is 7.44. The second kappa shape index (κ2) is 10.6. The molecule has 39 heavy (non-hydrogen) atoms. The van der Waals surface area contributed by atoms with Crippen LogP contribution in [0.2, 0.25) is 5.02 Å². The molecular formula is C28H24ClF4N3O3. The lowest BCUT2D eigenvalue weighted by Crippen LogP contribution is -2.45. The van der Waals surface area contributed by atoms with Crippen molar-refractivity contribution >= 4 is 29.1 Å². The average molecular weight is 562 g/mol. The van der Waals surface area contributed by atoms with Gasteiger partial charge in [-0.2, -0.15) is 0 Å². The second-order valence-corrected chi connectivity index (χ2v) is 10.3. The fourth-order valence-electron chi connectivity index (χ4n) is 5.48. The van der Waals surface area contributed by atoms with Crippen molar-refractivity contribution in [1.82, 2.24) is 10.3 Å². The molecule has 2 aromatic carbocycles. The van der Waals surface area contributed by atoms with Gasteiger partial charge in [0, 0.05) is 29.9 Å². The SMILES string of the molecule is O=C(NC1CCC(CN2C(=O)C(O)(c3cccc(F)c3F)c3ccccc32)CC1)c1cc(Cl)cnc1C(F)F. The van der Waals surface area contributed by atoms with Crippen molar-refractivity contribution in [2.75, 3.05) is 11.4 Å². The number of nitrogens with one attached hydrogen (secondary N) is 1. The number of anilines is 1. The normalized spacial score (nSPS) is 22.7. The minimum Gasteiger partial charge on any atom is -0.372 e. The Morgan fingerprint density at radius 2 is 1.79 bits per heavy atom. The summed E-state index contributed by atoms with van der Waals surface area (Å²) in [5.74, 6) is -3.92. The van der Waals surface area contributed by atoms with Crippen molar-refractivity contribution < 1.29 is 32.3 Å². The summed E-state index contributed by atoms with van der Waals surface area (Å²) < 4.78 is 55.3. The first-order chi connectivity index (χ1) is 18.6. The molecule has 0 spiro atoms. The number of alkyl halides is 2. The lowest BCUT2D eigenvalue weighted by molar-refractivity contribution is -0.132. The molecule has 1 saturated carbocycles. The van der Waals surface area contributed by atoms with Crippen molar-refractivity contribution in [2.45, 2.75) is 43.8 Å². The van der Waals surface area contributed by atoms with Gasteiger partial charge in [-0.05, 0) is 49.8 Å². The number of pyridine rings is 1. The van der Waals surface area contributed by atoms with E-state index in [1.165, 1.54) is 23.1 Å². The fourth-order valence-corrected chi connectivity index (χ4v) is 5.63. The predicted octanol–water partition coefficient (Wildman–Crippen LogP) is 5.52. The van der Waals surface area contributed by atoms with Gasteiger partial charge in [0.1, 0.15) is 5.69 Å². The Morgan fingerprint density at radius 1 is 1.10 bits per heavy atom. The van der Waals surface area contributed by atoms with Gasteiger partial charge in [0.25, 0.3) is 18.2 Å². The molecule has 1 fully saturated rings. The van der Waals surface area contributed by atoms with E-state index in [9.17, 15) is 32.3 Å². The molecule has 5 rings (SSSR count). The highest BCUT2D eigenvalue weighted by atomic mass is 35.5. The van der Waals surface area contributed by atoms with Gasteiger partial charge in [-0.25, -0.2) is 17.6 Å². The van der Waals surface area contributed by atoms with Gasteiger partial charge in [-0.3, -0.25) is 14.6 Å². The van der Waals surface area contributed by atoms with E-state index in [1.54, 1.807) is 18.2 Å². The molecule has 0 bridgehead atoms. The standard InChI is InChI=1S/C28H24ClF4N3O3/c29-16-12-18(24(25(32)33)34-13-16)26(37)35-17-10-8-15(9-11-17)14-36-22-7-2-1-4-19(22)28(39,27(36)38)20-5-3-6-21(30)23(20)31/h1-7,12-13,15,17,25,39H,8-11,14H2,(H,35,37). The minimum absolute atomic E-state index is 0.0145. The number of nitrogens with zero attached hydrogens (tertiary/aromatic N) is 2. The number of amides is 2. The maximum atomic E-state index is 14.7. The van der Waals surface area contributed by atoms with Crippen LogP contribution in [0.5, 0.6) is 0 Å². The fraction of sp³-hybridized carbons (Fsp3) is 0.321. The molecule has 2 N–H and O–H groups in total. The highest BCUT2D eigenvalue weighted by Gasteiger charge is 2.53. The van der Waals surface area contributed by atoms with E-state index >= 15 is 0 Å². The van der Waals surface area contributed by atoms with Crippen LogP contribution < -0.4 is 10.2 Å². The van der Waals surface area contributed by atoms with Crippen LogP contribution in [0.3, 0.4) is 0 Å². The molecule has 0 radical (unpaired) electrons. The van der Waals surface area contributed by atoms with Crippen LogP contribution in [0, 0.1) is 17.6 Å². The highest BCUT2D eigenvalue weighted by molar-refractivity contribution is 6.30. The smallest absolute Gasteiger partial charge is 0.281 e. The first-order valence-corrected chi connectivity index (χ1v) is 12.8. The lowest BCUT2D eigenvalue weighted by Gasteiger charge is -2.32. The second-order valence-electron chi connectivity index (χ2n) is 9.82. The quantitative estimate of drug-likeness (QED) is 0.388. The summed E-state index contributed by atoms with van der Waals surface area (Å²) in [6, 6.07) is 10.7. The first kappa shape index (κ1) is 27.1. The van der Waals surface area contributed by atoms with Gasteiger partial charge >= 0.3 is 0 Å². The molecule has 1 unspecified atom stereocenters. The van der Waals surface area contributed by atoms with Gasteiger partial charge in [0.2, 0.25) is 0 Å². The van der Waals surface area contributed by atoms with Crippen molar-refractivity contribution in [1.29, 1.82) is 0 Å². The predicted molar refractivity (Wildman–Crippen MR) is 136 cm³/mol. The number of aliphatic hydroxyl groups is 1. The Hall–Kier alpha value is -3.50. The maximum Gasteiger partial charge on any atom is 0.281 e. The van der Waals surface area contributed by atoms with Crippen LogP contribution in [-0.2, 0) is 10.4 Å². The molecule has 3 aromatic rings. The zero-order chi connectivity index (χ0) is 27.9. The molecule has 204 valence electrons. The average Bonchev–Trinajstić information content (AvgIpc) is 3.13. The molecule has 6 nitrogen and oxygen atoms in total. The molecule has 1 aliphatic carbocycles. The third kappa shape index (κ3) is 4.87. The van der Waals surface area contributed by atoms with E-state index in [2.05, 4.69) is 10.3 Å². The molecule has 2 aliphatic rings. The lowest BCUT2D eigenvalue weighted by atomic mass is 9.85. The number of aromatic nitrogens is 1. The number of carbonyl (C=O) groups excluding carboxylic acids is 2. The van der Waals surface area contributed by atoms with Crippen molar-refractivity contribution in [2.24, 2.45) is 5.92 Å². The molecular weight excluding hydrogens is 538 g/mol. The van der Waals surface area contributed by atoms with Crippen LogP contribution in [0.4, 0.5) is 23.2 Å². The summed E-state index contributed by atoms with van der Waals surface area (Å²) >= 11 is 5.85. The minimum atomic E-state index is -2.93. The monoisotopic (exact) mass is 561 g/mol. The molecule has 0 saturated heterocycles. The van der Waals surface area contributed by atoms with Gasteiger partial charge in [0.15, 0.2) is 17.2 Å². The van der Waals surface area contributed by atoms with Gasteiger partial charge in [-0.15, -0.1) is 0 Å². The molecule has 1 aromatic heterocycles. The maximum absolute atomic E-state index is 14.7. The van der Waals surface area contributed by atoms with Gasteiger partial charge in [0.05, 0.1) is 16.3 Å². The van der Waals surface area contributed by atoms with Gasteiger partial charge in [-0.1, -0.05) is 41.9 Å². The van der Waals surface area contributed by atoms with Crippen molar-refractivity contribution in [3.63, 3.8) is 0 Å². The number of carbonyl (C=O) groups is 2. The molecule has 2 heterocycles. The van der Waals surface area contributed by atoms with Crippen LogP contribution in [-0.4, -0.2) is 34.5 Å². The number of halogens is 5. The Bertz CT molecular complexity index is 1430. The third-order valence-corrected chi connectivity index (χ3v) is 7.65. The molecule has 1 atom stereocenters. The zero-order valence-electron chi connectivity index (χ0n) is 20.5. The zero-order valence-corrected chi connectivity index (χ0v) is 21.3. The summed E-state index contributed by atoms with van der Waals surface area (Å²) in [6.45, 7) is 0.226. The van der Waals surface area contributed by atoms with E-state index < -0.39 is 46.7 Å². The van der Waals surface area contributed by atoms with E-state index in [0.717, 1.165) is 18.3 Å². The van der Waals surface area contributed by atoms with Gasteiger partial charge < -0.3 is 15.3 Å². The Morgan fingerprint density at radius 3 is 2.51 bits per heavy atom. The molecule has 1 aliphatic heterocycles. The largest absolute Gasteiger partial charge is 0.372 e. The summed E-state index contributed by atoms with van der Waals surface area (Å²) in [5.41, 5.74) is -3.15.